The van der Waals surface area contributed by atoms with E-state index in [1.807, 2.05) is 43.3 Å². The van der Waals surface area contributed by atoms with Gasteiger partial charge in [0.15, 0.2) is 0 Å². The number of hydrogen-bond acceptors (Lipinski definition) is 6. The van der Waals surface area contributed by atoms with E-state index in [9.17, 15) is 14.4 Å². The molecule has 7 heteroatoms. The van der Waals surface area contributed by atoms with Crippen LogP contribution < -0.4 is 15.7 Å². The number of esters is 1. The van der Waals surface area contributed by atoms with Crippen LogP contribution in [0, 0.1) is 11.8 Å². The van der Waals surface area contributed by atoms with Crippen molar-refractivity contribution in [2.45, 2.75) is 45.6 Å². The third-order valence-corrected chi connectivity index (χ3v) is 6.33. The summed E-state index contributed by atoms with van der Waals surface area (Å²) in [7, 11) is 0. The molecule has 4 rings (SSSR count). The van der Waals surface area contributed by atoms with E-state index in [0.29, 0.717) is 43.1 Å². The lowest BCUT2D eigenvalue weighted by atomic mass is 9.82. The van der Waals surface area contributed by atoms with E-state index in [1.165, 1.54) is 6.07 Å². The lowest BCUT2D eigenvalue weighted by Gasteiger charge is -2.27. The normalized spacial score (nSPS) is 17.8. The Labute approximate surface area is 198 Å². The van der Waals surface area contributed by atoms with E-state index in [0.717, 1.165) is 29.4 Å². The van der Waals surface area contributed by atoms with Gasteiger partial charge in [-0.3, -0.25) is 4.79 Å². The number of carbonyl (C=O) groups is 2. The maximum Gasteiger partial charge on any atom is 0.407 e. The van der Waals surface area contributed by atoms with Crippen molar-refractivity contribution in [3.63, 3.8) is 0 Å². The zero-order chi connectivity index (χ0) is 23.9. The third-order valence-electron chi connectivity index (χ3n) is 6.33. The Balaban J connectivity index is 1.23. The number of nitrogens with one attached hydrogen (secondary N) is 1. The zero-order valence-electron chi connectivity index (χ0n) is 19.3. The first-order valence-electron chi connectivity index (χ1n) is 11.7. The van der Waals surface area contributed by atoms with Gasteiger partial charge in [0.25, 0.3) is 0 Å². The highest BCUT2D eigenvalue weighted by molar-refractivity contribution is 5.83. The molecule has 1 aliphatic rings. The minimum Gasteiger partial charge on any atom is -0.445 e. The molecule has 34 heavy (non-hydrogen) atoms. The average Bonchev–Trinajstić information content (AvgIpc) is 2.86. The summed E-state index contributed by atoms with van der Waals surface area (Å²) in [6.45, 7) is 2.74. The van der Waals surface area contributed by atoms with Gasteiger partial charge in [-0.1, -0.05) is 37.3 Å². The fourth-order valence-corrected chi connectivity index (χ4v) is 4.37. The summed E-state index contributed by atoms with van der Waals surface area (Å²) < 4.78 is 16.1. The summed E-state index contributed by atoms with van der Waals surface area (Å²) in [5.41, 5.74) is 1.85. The first-order valence-corrected chi connectivity index (χ1v) is 11.7. The second kappa shape index (κ2) is 11.0. The molecule has 1 aromatic heterocycles. The van der Waals surface area contributed by atoms with Crippen LogP contribution in [-0.2, 0) is 22.6 Å². The number of amides is 1. The maximum atomic E-state index is 12.7. The molecular formula is C27H29NO6. The van der Waals surface area contributed by atoms with E-state index in [4.69, 9.17) is 13.9 Å². The SMILES string of the molecule is CCc1cc(=O)oc2cc(OC(=O)C3CCC(CNC(=O)OCc4ccccc4)CC3)ccc12. The van der Waals surface area contributed by atoms with Crippen LogP contribution >= 0.6 is 0 Å². The van der Waals surface area contributed by atoms with Gasteiger partial charge < -0.3 is 19.2 Å². The highest BCUT2D eigenvalue weighted by atomic mass is 16.5. The Morgan fingerprint density at radius 1 is 1.03 bits per heavy atom. The lowest BCUT2D eigenvalue weighted by molar-refractivity contribution is -0.140. The minimum atomic E-state index is -0.431. The van der Waals surface area contributed by atoms with E-state index in [2.05, 4.69) is 5.32 Å². The predicted octanol–water partition coefficient (Wildman–Crippen LogP) is 4.99. The molecule has 0 radical (unpaired) electrons. The Kier molecular flexibility index (Phi) is 7.62. The van der Waals surface area contributed by atoms with Crippen molar-refractivity contribution in [1.82, 2.24) is 5.32 Å². The van der Waals surface area contributed by atoms with Crippen molar-refractivity contribution in [2.24, 2.45) is 11.8 Å². The molecule has 7 nitrogen and oxygen atoms in total. The van der Waals surface area contributed by atoms with Gasteiger partial charge >= 0.3 is 17.7 Å². The highest BCUT2D eigenvalue weighted by Crippen LogP contribution is 2.30. The number of rotatable bonds is 7. The van der Waals surface area contributed by atoms with Crippen LogP contribution in [0.3, 0.4) is 0 Å². The molecule has 0 spiro atoms. The monoisotopic (exact) mass is 463 g/mol. The molecule has 1 amide bonds. The number of ether oxygens (including phenoxy) is 2. The van der Waals surface area contributed by atoms with E-state index in [1.54, 1.807) is 12.1 Å². The van der Waals surface area contributed by atoms with Crippen LogP contribution in [0.15, 0.2) is 63.8 Å². The van der Waals surface area contributed by atoms with Crippen molar-refractivity contribution in [2.75, 3.05) is 6.54 Å². The third kappa shape index (κ3) is 6.04. The Hall–Kier alpha value is -3.61. The van der Waals surface area contributed by atoms with Crippen LogP contribution in [0.2, 0.25) is 0 Å². The summed E-state index contributed by atoms with van der Waals surface area (Å²) in [5.74, 6) is 0.211. The molecule has 1 heterocycles. The molecule has 1 N–H and O–H groups in total. The topological polar surface area (TPSA) is 94.8 Å². The van der Waals surface area contributed by atoms with Gasteiger partial charge in [0.1, 0.15) is 17.9 Å². The average molecular weight is 464 g/mol. The summed E-state index contributed by atoms with van der Waals surface area (Å²) in [4.78, 5) is 36.4. The first-order chi connectivity index (χ1) is 16.5. The molecule has 0 aliphatic heterocycles. The van der Waals surface area contributed by atoms with E-state index >= 15 is 0 Å². The van der Waals surface area contributed by atoms with Crippen molar-refractivity contribution < 1.29 is 23.5 Å². The standard InChI is InChI=1S/C27H29NO6/c1-2-20-14-25(29)34-24-15-22(12-13-23(20)24)33-26(30)21-10-8-18(9-11-21)16-28-27(31)32-17-19-6-4-3-5-7-19/h3-7,12-15,18,21H,2,8-11,16-17H2,1H3,(H,28,31). The number of fused-ring (bicyclic) bond motifs is 1. The predicted molar refractivity (Wildman–Crippen MR) is 128 cm³/mol. The Morgan fingerprint density at radius 2 is 1.79 bits per heavy atom. The molecule has 0 unspecified atom stereocenters. The van der Waals surface area contributed by atoms with E-state index in [-0.39, 0.29) is 18.5 Å². The second-order valence-corrected chi connectivity index (χ2v) is 8.68. The van der Waals surface area contributed by atoms with Crippen LogP contribution in [-0.4, -0.2) is 18.6 Å². The van der Waals surface area contributed by atoms with Gasteiger partial charge in [0.2, 0.25) is 0 Å². The quantitative estimate of drug-likeness (QED) is 0.301. The van der Waals surface area contributed by atoms with Gasteiger partial charge in [-0.25, -0.2) is 9.59 Å². The van der Waals surface area contributed by atoms with Crippen molar-refractivity contribution in [3.8, 4) is 5.75 Å². The molecule has 0 saturated heterocycles. The number of carbonyl (C=O) groups excluding carboxylic acids is 2. The van der Waals surface area contributed by atoms with Crippen LogP contribution in [0.5, 0.6) is 5.75 Å². The zero-order valence-corrected chi connectivity index (χ0v) is 19.3. The van der Waals surface area contributed by atoms with E-state index < -0.39 is 11.7 Å². The molecule has 0 bridgehead atoms. The van der Waals surface area contributed by atoms with Crippen molar-refractivity contribution >= 4 is 23.0 Å². The van der Waals surface area contributed by atoms with Crippen molar-refractivity contribution in [1.29, 1.82) is 0 Å². The molecule has 1 saturated carbocycles. The van der Waals surface area contributed by atoms with Gasteiger partial charge in [-0.15, -0.1) is 0 Å². The fraction of sp³-hybridized carbons (Fsp3) is 0.370. The van der Waals surface area contributed by atoms with Crippen LogP contribution in [0.25, 0.3) is 11.0 Å². The summed E-state index contributed by atoms with van der Waals surface area (Å²) in [5, 5.41) is 3.67. The number of hydrogen-bond donors (Lipinski definition) is 1. The Morgan fingerprint density at radius 3 is 2.53 bits per heavy atom. The lowest BCUT2D eigenvalue weighted by Crippen LogP contribution is -2.33. The highest BCUT2D eigenvalue weighted by Gasteiger charge is 2.28. The summed E-state index contributed by atoms with van der Waals surface area (Å²) in [6.07, 6.45) is 3.33. The molecular weight excluding hydrogens is 434 g/mol. The van der Waals surface area contributed by atoms with Crippen molar-refractivity contribution in [3.05, 3.63) is 76.1 Å². The van der Waals surface area contributed by atoms with Crippen LogP contribution in [0.1, 0.15) is 43.7 Å². The minimum absolute atomic E-state index is 0.189. The Bertz CT molecular complexity index is 1190. The van der Waals surface area contributed by atoms with Gasteiger partial charge in [-0.05, 0) is 61.3 Å². The first kappa shape index (κ1) is 23.5. The molecule has 178 valence electrons. The molecule has 3 aromatic rings. The molecule has 2 aromatic carbocycles. The maximum absolute atomic E-state index is 12.7. The second-order valence-electron chi connectivity index (χ2n) is 8.68. The fourth-order valence-electron chi connectivity index (χ4n) is 4.37. The molecule has 1 aliphatic carbocycles. The van der Waals surface area contributed by atoms with Crippen LogP contribution in [0.4, 0.5) is 4.79 Å². The molecule has 1 fully saturated rings. The number of aryl methyl sites for hydroxylation is 1. The van der Waals surface area contributed by atoms with Gasteiger partial charge in [0.05, 0.1) is 5.92 Å². The van der Waals surface area contributed by atoms with Gasteiger partial charge in [0, 0.05) is 24.1 Å². The number of benzene rings is 2. The molecule has 0 atom stereocenters. The summed E-state index contributed by atoms with van der Waals surface area (Å²) in [6, 6.07) is 16.2. The van der Waals surface area contributed by atoms with Gasteiger partial charge in [-0.2, -0.15) is 0 Å². The largest absolute Gasteiger partial charge is 0.445 e. The summed E-state index contributed by atoms with van der Waals surface area (Å²) >= 11 is 0. The smallest absolute Gasteiger partial charge is 0.407 e. The number of alkyl carbamates (subject to hydrolysis) is 1.